The first kappa shape index (κ1) is 37.4. The second kappa shape index (κ2) is 18.4. The number of para-hydroxylation sites is 2. The highest BCUT2D eigenvalue weighted by molar-refractivity contribution is 5.90. The summed E-state index contributed by atoms with van der Waals surface area (Å²) in [5.74, 6) is 5.54. The molecule has 7 heteroatoms. The van der Waals surface area contributed by atoms with Crippen molar-refractivity contribution in [3.05, 3.63) is 124 Å². The number of terminal acetylenes is 1. The quantitative estimate of drug-likeness (QED) is 0.0781. The van der Waals surface area contributed by atoms with Crippen molar-refractivity contribution in [3.63, 3.8) is 0 Å². The molecule has 2 heterocycles. The van der Waals surface area contributed by atoms with Gasteiger partial charge in [0.1, 0.15) is 11.6 Å². The van der Waals surface area contributed by atoms with Gasteiger partial charge in [0.2, 0.25) is 5.95 Å². The Kier molecular flexibility index (Phi) is 13.5. The van der Waals surface area contributed by atoms with Crippen molar-refractivity contribution in [3.8, 4) is 18.1 Å². The monoisotopic (exact) mass is 684 g/mol. The summed E-state index contributed by atoms with van der Waals surface area (Å²) in [6, 6.07) is 22.3. The van der Waals surface area contributed by atoms with Crippen molar-refractivity contribution >= 4 is 22.7 Å². The van der Waals surface area contributed by atoms with E-state index in [1.165, 1.54) is 24.8 Å². The van der Waals surface area contributed by atoms with Gasteiger partial charge in [0.05, 0.1) is 31.4 Å². The molecule has 3 N–H and O–H groups in total. The summed E-state index contributed by atoms with van der Waals surface area (Å²) in [5, 5.41) is 23.6. The van der Waals surface area contributed by atoms with Crippen LogP contribution in [0.2, 0.25) is 0 Å². The van der Waals surface area contributed by atoms with Crippen LogP contribution in [0.15, 0.2) is 102 Å². The summed E-state index contributed by atoms with van der Waals surface area (Å²) in [5.41, 5.74) is 7.71. The molecule has 1 fully saturated rings. The number of aliphatic hydroxyl groups is 2. The number of aliphatic hydroxyl groups excluding tert-OH is 2. The maximum absolute atomic E-state index is 10.5. The number of anilines is 2. The molecule has 4 aromatic rings. The average molecular weight is 685 g/mol. The number of nitrogens with zero attached hydrogens (tertiary/aromatic N) is 3. The molecule has 51 heavy (non-hydrogen) atoms. The SMILES string of the molecule is C#C/C=C(CC/C=C/C)\C(=C/C)CNc1nc(N(C)C2c3cccc(C4CCC4)c3OCC2CO)c2ccccc2n1.Cc1ccccc1CO. The number of rotatable bonds is 12. The molecule has 1 aromatic heterocycles. The molecule has 1 saturated carbocycles. The van der Waals surface area contributed by atoms with Crippen molar-refractivity contribution in [1.82, 2.24) is 9.97 Å². The van der Waals surface area contributed by atoms with Gasteiger partial charge in [-0.1, -0.05) is 85.2 Å². The standard InChI is InChI=1S/C36H42N4O2.C8H10O/c1-5-8-9-15-26(14-6-2)25(7-3)22-37-36-38-32-21-11-10-18-30(32)35(39-36)40(4)33-28(23-41)24-42-34-29(27-16-12-17-27)19-13-20-31(33)34;1-7-4-2-3-5-8(7)6-9/h2,5,7-8,10-11,13-14,18-21,27-28,33,41H,9,12,15-17,22-24H2,1,3-4H3,(H,37,38,39);2-5,9H,6H2,1H3/b8-5+,25-7-,26-14-;. The van der Waals surface area contributed by atoms with E-state index >= 15 is 0 Å². The highest BCUT2D eigenvalue weighted by Crippen LogP contribution is 2.48. The Labute approximate surface area is 303 Å². The van der Waals surface area contributed by atoms with Gasteiger partial charge in [-0.15, -0.1) is 6.42 Å². The first-order chi connectivity index (χ1) is 24.9. The van der Waals surface area contributed by atoms with Crippen LogP contribution in [0.5, 0.6) is 5.75 Å². The normalized spacial score (nSPS) is 17.5. The van der Waals surface area contributed by atoms with Crippen LogP contribution in [0, 0.1) is 25.2 Å². The van der Waals surface area contributed by atoms with Crippen molar-refractivity contribution in [2.75, 3.05) is 37.0 Å². The third-order valence-electron chi connectivity index (χ3n) is 10.1. The fraction of sp³-hybridized carbons (Fsp3) is 0.364. The lowest BCUT2D eigenvalue weighted by atomic mass is 9.77. The van der Waals surface area contributed by atoms with E-state index in [2.05, 4.69) is 65.7 Å². The zero-order valence-electron chi connectivity index (χ0n) is 30.5. The third-order valence-corrected chi connectivity index (χ3v) is 10.1. The molecule has 0 amide bonds. The molecule has 2 aliphatic rings. The molecule has 0 radical (unpaired) electrons. The Morgan fingerprint density at radius 1 is 1.00 bits per heavy atom. The number of nitrogens with one attached hydrogen (secondary N) is 1. The third kappa shape index (κ3) is 8.89. The summed E-state index contributed by atoms with van der Waals surface area (Å²) >= 11 is 0. The van der Waals surface area contributed by atoms with Gasteiger partial charge < -0.3 is 25.2 Å². The largest absolute Gasteiger partial charge is 0.492 e. The lowest BCUT2D eigenvalue weighted by Crippen LogP contribution is -2.39. The summed E-state index contributed by atoms with van der Waals surface area (Å²) in [6.45, 7) is 7.26. The molecule has 0 saturated heterocycles. The topological polar surface area (TPSA) is 90.7 Å². The predicted octanol–water partition coefficient (Wildman–Crippen LogP) is 8.84. The molecule has 3 aromatic carbocycles. The Balaban J connectivity index is 0.000000488. The highest BCUT2D eigenvalue weighted by Gasteiger charge is 2.37. The number of aromatic nitrogens is 2. The maximum Gasteiger partial charge on any atom is 0.225 e. The van der Waals surface area contributed by atoms with E-state index in [1.807, 2.05) is 69.3 Å². The van der Waals surface area contributed by atoms with Crippen LogP contribution in [0.25, 0.3) is 10.9 Å². The van der Waals surface area contributed by atoms with Crippen LogP contribution >= 0.6 is 0 Å². The number of benzene rings is 3. The number of aryl methyl sites for hydroxylation is 1. The van der Waals surface area contributed by atoms with E-state index in [1.54, 1.807) is 0 Å². The molecule has 266 valence electrons. The molecule has 7 nitrogen and oxygen atoms in total. The van der Waals surface area contributed by atoms with Gasteiger partial charge in [0, 0.05) is 30.5 Å². The Morgan fingerprint density at radius 3 is 2.43 bits per heavy atom. The minimum atomic E-state index is -0.0902. The van der Waals surface area contributed by atoms with Crippen LogP contribution in [0.3, 0.4) is 0 Å². The van der Waals surface area contributed by atoms with Gasteiger partial charge in [-0.25, -0.2) is 4.98 Å². The van der Waals surface area contributed by atoms with Crippen LogP contribution in [0.1, 0.15) is 80.2 Å². The van der Waals surface area contributed by atoms with Crippen LogP contribution < -0.4 is 15.0 Å². The van der Waals surface area contributed by atoms with Crippen molar-refractivity contribution in [1.29, 1.82) is 0 Å². The fourth-order valence-corrected chi connectivity index (χ4v) is 6.96. The van der Waals surface area contributed by atoms with Gasteiger partial charge in [-0.05, 0) is 98.4 Å². The fourth-order valence-electron chi connectivity index (χ4n) is 6.96. The van der Waals surface area contributed by atoms with Gasteiger partial charge in [-0.2, -0.15) is 4.98 Å². The van der Waals surface area contributed by atoms with E-state index in [9.17, 15) is 5.11 Å². The van der Waals surface area contributed by atoms with E-state index in [0.717, 1.165) is 63.1 Å². The van der Waals surface area contributed by atoms with E-state index in [4.69, 9.17) is 26.2 Å². The smallest absolute Gasteiger partial charge is 0.225 e. The van der Waals surface area contributed by atoms with E-state index in [-0.39, 0.29) is 25.2 Å². The van der Waals surface area contributed by atoms with Gasteiger partial charge in [0.25, 0.3) is 0 Å². The van der Waals surface area contributed by atoms with E-state index in [0.29, 0.717) is 25.0 Å². The van der Waals surface area contributed by atoms with Crippen molar-refractivity contribution in [2.45, 2.75) is 71.4 Å². The van der Waals surface area contributed by atoms with Crippen LogP contribution in [0.4, 0.5) is 11.8 Å². The van der Waals surface area contributed by atoms with Crippen LogP contribution in [-0.4, -0.2) is 47.0 Å². The summed E-state index contributed by atoms with van der Waals surface area (Å²) in [7, 11) is 2.07. The minimum absolute atomic E-state index is 0.0262. The van der Waals surface area contributed by atoms with E-state index < -0.39 is 0 Å². The number of hydrogen-bond donors (Lipinski definition) is 3. The predicted molar refractivity (Wildman–Crippen MR) is 210 cm³/mol. The molecule has 0 bridgehead atoms. The molecule has 0 spiro atoms. The second-order valence-electron chi connectivity index (χ2n) is 13.3. The van der Waals surface area contributed by atoms with Gasteiger partial charge in [0.15, 0.2) is 0 Å². The zero-order valence-corrected chi connectivity index (χ0v) is 30.5. The summed E-state index contributed by atoms with van der Waals surface area (Å²) in [6.07, 6.45) is 19.3. The molecule has 1 aliphatic heterocycles. The maximum atomic E-state index is 10.5. The number of fused-ring (bicyclic) bond motifs is 2. The molecule has 2 unspecified atom stereocenters. The lowest BCUT2D eigenvalue weighted by Gasteiger charge is -2.41. The van der Waals surface area contributed by atoms with Crippen LogP contribution in [-0.2, 0) is 6.61 Å². The molecular weight excluding hydrogens is 633 g/mol. The minimum Gasteiger partial charge on any atom is -0.492 e. The average Bonchev–Trinajstić information content (AvgIpc) is 3.14. The van der Waals surface area contributed by atoms with Gasteiger partial charge in [-0.3, -0.25) is 0 Å². The Bertz CT molecular complexity index is 1900. The number of hydrogen-bond acceptors (Lipinski definition) is 7. The Hall–Kier alpha value is -4.90. The first-order valence-corrected chi connectivity index (χ1v) is 18.1. The summed E-state index contributed by atoms with van der Waals surface area (Å²) < 4.78 is 6.34. The van der Waals surface area contributed by atoms with Crippen molar-refractivity contribution < 1.29 is 14.9 Å². The number of ether oxygens (including phenoxy) is 1. The summed E-state index contributed by atoms with van der Waals surface area (Å²) in [4.78, 5) is 12.1. The molecule has 2 atom stereocenters. The zero-order chi connectivity index (χ0) is 36.2. The first-order valence-electron chi connectivity index (χ1n) is 18.1. The number of allylic oxidation sites excluding steroid dienone is 4. The van der Waals surface area contributed by atoms with Gasteiger partial charge >= 0.3 is 0 Å². The van der Waals surface area contributed by atoms with Crippen molar-refractivity contribution in [2.24, 2.45) is 5.92 Å². The molecular formula is C44H52N4O3. The molecule has 1 aliphatic carbocycles. The molecule has 6 rings (SSSR count). The highest BCUT2D eigenvalue weighted by atomic mass is 16.5. The lowest BCUT2D eigenvalue weighted by molar-refractivity contribution is 0.120. The second-order valence-corrected chi connectivity index (χ2v) is 13.3. The Morgan fingerprint density at radius 2 is 1.76 bits per heavy atom.